The minimum Gasteiger partial charge on any atom is -0.383 e. The first-order valence-corrected chi connectivity index (χ1v) is 8.85. The van der Waals surface area contributed by atoms with E-state index in [1.807, 2.05) is 32.9 Å². The van der Waals surface area contributed by atoms with E-state index in [-0.39, 0.29) is 17.9 Å². The highest BCUT2D eigenvalue weighted by molar-refractivity contribution is 6.07. The maximum atomic E-state index is 12.9. The average Bonchev–Trinajstić information content (AvgIpc) is 2.92. The van der Waals surface area contributed by atoms with Crippen LogP contribution in [0.1, 0.15) is 33.6 Å². The van der Waals surface area contributed by atoms with E-state index in [9.17, 15) is 9.59 Å². The molecule has 1 saturated heterocycles. The summed E-state index contributed by atoms with van der Waals surface area (Å²) in [6.07, 6.45) is 0.329. The van der Waals surface area contributed by atoms with Gasteiger partial charge < -0.3 is 15.0 Å². The zero-order valence-corrected chi connectivity index (χ0v) is 15.8. The van der Waals surface area contributed by atoms with Gasteiger partial charge in [0.05, 0.1) is 23.7 Å². The third-order valence-corrected chi connectivity index (χ3v) is 4.74. The zero-order chi connectivity index (χ0) is 18.8. The van der Waals surface area contributed by atoms with E-state index in [0.717, 1.165) is 27.7 Å². The van der Waals surface area contributed by atoms with Crippen molar-refractivity contribution in [2.45, 2.75) is 33.2 Å². The zero-order valence-electron chi connectivity index (χ0n) is 15.8. The Hall–Kier alpha value is -2.47. The molecule has 1 aromatic carbocycles. The standard InChI is InChI=1S/C20H25N3O3/c1-12-7-13(2)19-16(8-12)17(9-14(3)21-19)20(25)22-15-10-18(24)23(11-15)5-6-26-4/h7-9,15H,5-6,10-11H2,1-4H3,(H,22,25)/t15-/m1/s1. The second-order valence-corrected chi connectivity index (χ2v) is 7.00. The van der Waals surface area contributed by atoms with Gasteiger partial charge in [-0.05, 0) is 38.5 Å². The van der Waals surface area contributed by atoms with Gasteiger partial charge in [0, 0.05) is 37.7 Å². The number of methoxy groups -OCH3 is 1. The fourth-order valence-electron chi connectivity index (χ4n) is 3.55. The number of likely N-dealkylation sites (tertiary alicyclic amines) is 1. The van der Waals surface area contributed by atoms with Crippen molar-refractivity contribution in [1.29, 1.82) is 0 Å². The van der Waals surface area contributed by atoms with E-state index >= 15 is 0 Å². The molecule has 0 bridgehead atoms. The second-order valence-electron chi connectivity index (χ2n) is 7.00. The highest BCUT2D eigenvalue weighted by Gasteiger charge is 2.30. The highest BCUT2D eigenvalue weighted by atomic mass is 16.5. The van der Waals surface area contributed by atoms with Gasteiger partial charge in [-0.25, -0.2) is 0 Å². The van der Waals surface area contributed by atoms with Crippen molar-refractivity contribution < 1.29 is 14.3 Å². The Morgan fingerprint density at radius 1 is 1.31 bits per heavy atom. The van der Waals surface area contributed by atoms with Gasteiger partial charge in [0.25, 0.3) is 5.91 Å². The summed E-state index contributed by atoms with van der Waals surface area (Å²) in [6, 6.07) is 5.70. The molecule has 0 radical (unpaired) electrons. The molecule has 1 N–H and O–H groups in total. The summed E-state index contributed by atoms with van der Waals surface area (Å²) < 4.78 is 5.03. The lowest BCUT2D eigenvalue weighted by atomic mass is 10.0. The molecule has 6 heteroatoms. The molecule has 1 aliphatic rings. The van der Waals surface area contributed by atoms with E-state index in [0.29, 0.717) is 31.7 Å². The second kappa shape index (κ2) is 7.41. The Kier molecular flexibility index (Phi) is 5.23. The maximum Gasteiger partial charge on any atom is 0.252 e. The smallest absolute Gasteiger partial charge is 0.252 e. The molecule has 0 saturated carbocycles. The van der Waals surface area contributed by atoms with Gasteiger partial charge in [-0.2, -0.15) is 0 Å². The first-order valence-electron chi connectivity index (χ1n) is 8.85. The predicted octanol–water partition coefficient (Wildman–Crippen LogP) is 2.14. The summed E-state index contributed by atoms with van der Waals surface area (Å²) in [5.74, 6) is -0.105. The normalized spacial score (nSPS) is 17.2. The summed E-state index contributed by atoms with van der Waals surface area (Å²) in [5.41, 5.74) is 4.42. The molecule has 6 nitrogen and oxygen atoms in total. The first kappa shape index (κ1) is 18.3. The fraction of sp³-hybridized carbons (Fsp3) is 0.450. The molecule has 2 aromatic rings. The van der Waals surface area contributed by atoms with E-state index in [2.05, 4.69) is 16.4 Å². The largest absolute Gasteiger partial charge is 0.383 e. The fourth-order valence-corrected chi connectivity index (χ4v) is 3.55. The van der Waals surface area contributed by atoms with Crippen LogP contribution in [0.5, 0.6) is 0 Å². The van der Waals surface area contributed by atoms with Crippen LogP contribution in [0, 0.1) is 20.8 Å². The van der Waals surface area contributed by atoms with Crippen molar-refractivity contribution in [3.05, 3.63) is 40.6 Å². The van der Waals surface area contributed by atoms with E-state index in [1.54, 1.807) is 12.0 Å². The predicted molar refractivity (Wildman–Crippen MR) is 100 cm³/mol. The van der Waals surface area contributed by atoms with E-state index in [1.165, 1.54) is 0 Å². The lowest BCUT2D eigenvalue weighted by Gasteiger charge is -2.17. The molecule has 1 fully saturated rings. The lowest BCUT2D eigenvalue weighted by molar-refractivity contribution is -0.128. The Morgan fingerprint density at radius 2 is 2.08 bits per heavy atom. The van der Waals surface area contributed by atoms with Crippen LogP contribution >= 0.6 is 0 Å². The van der Waals surface area contributed by atoms with Gasteiger partial charge in [-0.3, -0.25) is 14.6 Å². The van der Waals surface area contributed by atoms with Crippen LogP contribution in [0.15, 0.2) is 18.2 Å². The number of amides is 2. The number of nitrogens with zero attached hydrogens (tertiary/aromatic N) is 2. The average molecular weight is 355 g/mol. The van der Waals surface area contributed by atoms with Crippen LogP contribution in [-0.4, -0.2) is 54.5 Å². The number of pyridine rings is 1. The molecule has 2 amide bonds. The number of hydrogen-bond donors (Lipinski definition) is 1. The molecule has 2 heterocycles. The molecule has 0 unspecified atom stereocenters. The number of nitrogens with one attached hydrogen (secondary N) is 1. The molecule has 1 aliphatic heterocycles. The van der Waals surface area contributed by atoms with Crippen LogP contribution in [0.4, 0.5) is 0 Å². The maximum absolute atomic E-state index is 12.9. The monoisotopic (exact) mass is 355 g/mol. The van der Waals surface area contributed by atoms with Gasteiger partial charge in [0.15, 0.2) is 0 Å². The molecule has 26 heavy (non-hydrogen) atoms. The number of aromatic nitrogens is 1. The number of carbonyl (C=O) groups is 2. The van der Waals surface area contributed by atoms with Crippen molar-refractivity contribution in [2.24, 2.45) is 0 Å². The number of aryl methyl sites for hydroxylation is 3. The van der Waals surface area contributed by atoms with Gasteiger partial charge >= 0.3 is 0 Å². The quantitative estimate of drug-likeness (QED) is 0.892. The summed E-state index contributed by atoms with van der Waals surface area (Å²) in [5, 5.41) is 3.87. The third kappa shape index (κ3) is 3.70. The molecule has 1 atom stereocenters. The Labute approximate surface area is 153 Å². The molecule has 138 valence electrons. The lowest BCUT2D eigenvalue weighted by Crippen LogP contribution is -2.38. The van der Waals surface area contributed by atoms with E-state index < -0.39 is 0 Å². The Bertz CT molecular complexity index is 863. The van der Waals surface area contributed by atoms with Gasteiger partial charge in [0.2, 0.25) is 5.91 Å². The van der Waals surface area contributed by atoms with Crippen molar-refractivity contribution in [1.82, 2.24) is 15.2 Å². The third-order valence-electron chi connectivity index (χ3n) is 4.74. The van der Waals surface area contributed by atoms with Crippen molar-refractivity contribution in [3.8, 4) is 0 Å². The summed E-state index contributed by atoms with van der Waals surface area (Å²) in [4.78, 5) is 31.3. The number of fused-ring (bicyclic) bond motifs is 1. The van der Waals surface area contributed by atoms with Crippen LogP contribution in [0.2, 0.25) is 0 Å². The number of carbonyl (C=O) groups excluding carboxylic acids is 2. The number of ether oxygens (including phenoxy) is 1. The molecule has 3 rings (SSSR count). The van der Waals surface area contributed by atoms with E-state index in [4.69, 9.17) is 4.74 Å². The van der Waals surface area contributed by atoms with Crippen LogP contribution in [0.25, 0.3) is 10.9 Å². The summed E-state index contributed by atoms with van der Waals surface area (Å²) >= 11 is 0. The highest BCUT2D eigenvalue weighted by Crippen LogP contribution is 2.24. The summed E-state index contributed by atoms with van der Waals surface area (Å²) in [6.45, 7) is 7.48. The molecular weight excluding hydrogens is 330 g/mol. The minimum atomic E-state index is -0.179. The SMILES string of the molecule is COCCN1C[C@H](NC(=O)c2cc(C)nc3c(C)cc(C)cc23)CC1=O. The van der Waals surface area contributed by atoms with Crippen LogP contribution in [-0.2, 0) is 9.53 Å². The van der Waals surface area contributed by atoms with Crippen molar-refractivity contribution >= 4 is 22.7 Å². The molecule has 0 spiro atoms. The number of hydrogen-bond acceptors (Lipinski definition) is 4. The van der Waals surface area contributed by atoms with Crippen LogP contribution < -0.4 is 5.32 Å². The summed E-state index contributed by atoms with van der Waals surface area (Å²) in [7, 11) is 1.61. The number of benzene rings is 1. The number of rotatable bonds is 5. The van der Waals surface area contributed by atoms with Gasteiger partial charge in [0.1, 0.15) is 0 Å². The Balaban J connectivity index is 1.84. The first-order chi connectivity index (χ1) is 12.4. The Morgan fingerprint density at radius 3 is 2.81 bits per heavy atom. The molecule has 0 aliphatic carbocycles. The van der Waals surface area contributed by atoms with Crippen LogP contribution in [0.3, 0.4) is 0 Å². The molecular formula is C20H25N3O3. The van der Waals surface area contributed by atoms with Crippen molar-refractivity contribution in [3.63, 3.8) is 0 Å². The minimum absolute atomic E-state index is 0.0507. The van der Waals surface area contributed by atoms with Gasteiger partial charge in [-0.1, -0.05) is 11.6 Å². The van der Waals surface area contributed by atoms with Crippen molar-refractivity contribution in [2.75, 3.05) is 26.8 Å². The topological polar surface area (TPSA) is 71.5 Å². The van der Waals surface area contributed by atoms with Gasteiger partial charge in [-0.15, -0.1) is 0 Å². The molecule has 1 aromatic heterocycles.